The lowest BCUT2D eigenvalue weighted by atomic mass is 10.00. The maximum Gasteiger partial charge on any atom is 0.261 e. The van der Waals surface area contributed by atoms with Crippen LogP contribution in [0.1, 0.15) is 30.2 Å². The van der Waals surface area contributed by atoms with Crippen molar-refractivity contribution in [3.05, 3.63) is 108 Å². The number of halogens is 3. The molecule has 0 amide bonds. The van der Waals surface area contributed by atoms with E-state index in [1.165, 1.54) is 12.1 Å². The number of fused-ring (bicyclic) bond motifs is 1. The van der Waals surface area contributed by atoms with Crippen LogP contribution in [0, 0.1) is 5.82 Å². The summed E-state index contributed by atoms with van der Waals surface area (Å²) in [6, 6.07) is 12.3. The van der Waals surface area contributed by atoms with Crippen molar-refractivity contribution in [2.24, 2.45) is 0 Å². The second-order valence-electron chi connectivity index (χ2n) is 9.85. The number of likely N-dealkylation sites (tertiary alicyclic amines) is 1. The molecule has 0 unspecified atom stereocenters. The van der Waals surface area contributed by atoms with Crippen molar-refractivity contribution in [1.29, 1.82) is 0 Å². The van der Waals surface area contributed by atoms with Crippen LogP contribution in [0.5, 0.6) is 0 Å². The monoisotopic (exact) mass is 529 g/mol. The first-order chi connectivity index (χ1) is 18.7. The van der Waals surface area contributed by atoms with Crippen molar-refractivity contribution in [3.63, 3.8) is 0 Å². The van der Waals surface area contributed by atoms with Crippen LogP contribution in [0.2, 0.25) is 0 Å². The number of hydrogen-bond acceptors (Lipinski definition) is 4. The summed E-state index contributed by atoms with van der Waals surface area (Å²) in [6.45, 7) is 6.34. The first-order valence-electron chi connectivity index (χ1n) is 12.8. The molecule has 1 aliphatic rings. The molecule has 0 atom stereocenters. The van der Waals surface area contributed by atoms with Gasteiger partial charge in [0.15, 0.2) is 0 Å². The Morgan fingerprint density at radius 2 is 1.97 bits per heavy atom. The van der Waals surface area contributed by atoms with Crippen LogP contribution in [-0.2, 0) is 6.42 Å². The molecule has 5 rings (SSSR count). The molecule has 0 radical (unpaired) electrons. The smallest absolute Gasteiger partial charge is 0.261 e. The topological polar surface area (TPSA) is 70.8 Å². The van der Waals surface area contributed by atoms with Gasteiger partial charge in [0.25, 0.3) is 5.92 Å². The molecule has 200 valence electrons. The Morgan fingerprint density at radius 1 is 1.18 bits per heavy atom. The van der Waals surface area contributed by atoms with Crippen LogP contribution >= 0.6 is 0 Å². The first kappa shape index (κ1) is 26.4. The molecule has 0 spiro atoms. The van der Waals surface area contributed by atoms with Gasteiger partial charge in [-0.3, -0.25) is 4.90 Å². The molecule has 39 heavy (non-hydrogen) atoms. The highest BCUT2D eigenvalue weighted by atomic mass is 19.3. The number of nitrogens with zero attached hydrogens (tertiary/aromatic N) is 3. The van der Waals surface area contributed by atoms with Gasteiger partial charge in [0.1, 0.15) is 17.3 Å². The third kappa shape index (κ3) is 5.96. The lowest BCUT2D eigenvalue weighted by Crippen LogP contribution is -2.26. The van der Waals surface area contributed by atoms with Gasteiger partial charge in [0, 0.05) is 60.5 Å². The van der Waals surface area contributed by atoms with Crippen LogP contribution in [0.25, 0.3) is 27.7 Å². The zero-order chi connectivity index (χ0) is 27.6. The second-order valence-corrected chi connectivity index (χ2v) is 9.85. The minimum Gasteiger partial charge on any atom is -0.383 e. The molecule has 3 aromatic heterocycles. The van der Waals surface area contributed by atoms with E-state index in [-0.39, 0.29) is 18.8 Å². The Labute approximate surface area is 225 Å². The third-order valence-electron chi connectivity index (χ3n) is 7.03. The maximum absolute atomic E-state index is 13.7. The minimum absolute atomic E-state index is 0.117. The van der Waals surface area contributed by atoms with Crippen molar-refractivity contribution < 1.29 is 13.2 Å². The lowest BCUT2D eigenvalue weighted by Gasteiger charge is -2.17. The molecule has 1 saturated heterocycles. The van der Waals surface area contributed by atoms with Crippen molar-refractivity contribution in [2.75, 3.05) is 25.4 Å². The number of benzene rings is 1. The summed E-state index contributed by atoms with van der Waals surface area (Å²) >= 11 is 0. The molecule has 3 N–H and O–H groups in total. The van der Waals surface area contributed by atoms with E-state index in [9.17, 15) is 13.2 Å². The number of H-pyrrole nitrogens is 1. The fourth-order valence-corrected chi connectivity index (χ4v) is 4.99. The Hall–Kier alpha value is -4.17. The highest BCUT2D eigenvalue weighted by Crippen LogP contribution is 2.31. The SMILES string of the molecule is C=C/C(=C\C(=C/C)c1cnc(N)c(Cc2cc3c(-c4ccc(F)cc4)ccnc3[nH]2)c1)CN1CCC(F)(F)C1. The number of rotatable bonds is 8. The summed E-state index contributed by atoms with van der Waals surface area (Å²) < 4.78 is 40.8. The number of nitrogen functional groups attached to an aromatic ring is 1. The van der Waals surface area contributed by atoms with Crippen LogP contribution in [0.15, 0.2) is 85.2 Å². The van der Waals surface area contributed by atoms with Gasteiger partial charge in [-0.15, -0.1) is 0 Å². The standard InChI is InChI=1S/C31H30F3N5/c1-3-20(18-39-12-10-31(33,34)19-39)13-21(4-2)24-14-23(29(35)37-17-24)15-26-16-28-27(9-11-36-30(28)38-26)22-5-7-25(32)8-6-22/h3-9,11,13-14,16-17H,1,10,12,15,18-19H2,2H3,(H2,35,37)(H,36,38)/b20-13+,21-4+. The van der Waals surface area contributed by atoms with Gasteiger partial charge in [0.05, 0.1) is 6.54 Å². The predicted octanol–water partition coefficient (Wildman–Crippen LogP) is 6.79. The number of nitrogens with two attached hydrogens (primary N) is 1. The van der Waals surface area contributed by atoms with Gasteiger partial charge in [-0.2, -0.15) is 0 Å². The quantitative estimate of drug-likeness (QED) is 0.247. The molecular formula is C31H30F3N5. The van der Waals surface area contributed by atoms with E-state index in [0.717, 1.165) is 50.1 Å². The Bertz CT molecular complexity index is 1570. The number of nitrogens with one attached hydrogen (secondary N) is 1. The summed E-state index contributed by atoms with van der Waals surface area (Å²) in [7, 11) is 0. The van der Waals surface area contributed by atoms with Crippen molar-refractivity contribution in [2.45, 2.75) is 25.7 Å². The fourth-order valence-electron chi connectivity index (χ4n) is 4.99. The molecule has 1 aliphatic heterocycles. The van der Waals surface area contributed by atoms with Crippen molar-refractivity contribution in [1.82, 2.24) is 19.9 Å². The maximum atomic E-state index is 13.7. The number of aromatic nitrogens is 3. The molecule has 0 bridgehead atoms. The van der Waals surface area contributed by atoms with Gasteiger partial charge in [0.2, 0.25) is 0 Å². The first-order valence-corrected chi connectivity index (χ1v) is 12.8. The normalized spacial score (nSPS) is 16.2. The second kappa shape index (κ2) is 10.9. The summed E-state index contributed by atoms with van der Waals surface area (Å²) in [5.74, 6) is -2.50. The van der Waals surface area contributed by atoms with E-state index in [1.807, 2.05) is 37.3 Å². The largest absolute Gasteiger partial charge is 0.383 e. The Morgan fingerprint density at radius 3 is 2.67 bits per heavy atom. The van der Waals surface area contributed by atoms with Gasteiger partial charge in [-0.25, -0.2) is 23.1 Å². The molecule has 0 aliphatic carbocycles. The number of aromatic amines is 1. The van der Waals surface area contributed by atoms with Crippen LogP contribution in [0.4, 0.5) is 19.0 Å². The lowest BCUT2D eigenvalue weighted by molar-refractivity contribution is 0.0131. The average molecular weight is 530 g/mol. The average Bonchev–Trinajstić information content (AvgIpc) is 3.49. The van der Waals surface area contributed by atoms with Crippen LogP contribution in [0.3, 0.4) is 0 Å². The molecule has 4 aromatic rings. The zero-order valence-corrected chi connectivity index (χ0v) is 21.7. The number of hydrogen-bond donors (Lipinski definition) is 2. The molecule has 5 nitrogen and oxygen atoms in total. The molecule has 1 fully saturated rings. The number of alkyl halides is 2. The minimum atomic E-state index is -2.64. The van der Waals surface area contributed by atoms with E-state index in [1.54, 1.807) is 35.5 Å². The third-order valence-corrected chi connectivity index (χ3v) is 7.03. The number of allylic oxidation sites excluding steroid dienone is 3. The summed E-state index contributed by atoms with van der Waals surface area (Å²) in [5.41, 5.74) is 13.2. The molecule has 4 heterocycles. The van der Waals surface area contributed by atoms with Crippen LogP contribution < -0.4 is 5.73 Å². The molecule has 8 heteroatoms. The fraction of sp³-hybridized carbons (Fsp3) is 0.226. The number of pyridine rings is 2. The summed E-state index contributed by atoms with van der Waals surface area (Å²) in [6.07, 6.45) is 9.46. The highest BCUT2D eigenvalue weighted by Gasteiger charge is 2.37. The summed E-state index contributed by atoms with van der Waals surface area (Å²) in [5, 5.41) is 0.932. The van der Waals surface area contributed by atoms with E-state index in [4.69, 9.17) is 5.73 Å². The highest BCUT2D eigenvalue weighted by molar-refractivity contribution is 5.93. The zero-order valence-electron chi connectivity index (χ0n) is 21.7. The van der Waals surface area contributed by atoms with E-state index < -0.39 is 5.92 Å². The molecular weight excluding hydrogens is 499 g/mol. The van der Waals surface area contributed by atoms with Crippen LogP contribution in [-0.4, -0.2) is 45.4 Å². The van der Waals surface area contributed by atoms with Gasteiger partial charge < -0.3 is 10.7 Å². The summed E-state index contributed by atoms with van der Waals surface area (Å²) in [4.78, 5) is 14.0. The van der Waals surface area contributed by atoms with Gasteiger partial charge in [-0.1, -0.05) is 36.9 Å². The Kier molecular flexibility index (Phi) is 7.39. The van der Waals surface area contributed by atoms with Crippen molar-refractivity contribution in [3.8, 4) is 11.1 Å². The predicted molar refractivity (Wildman–Crippen MR) is 151 cm³/mol. The van der Waals surface area contributed by atoms with E-state index >= 15 is 0 Å². The van der Waals surface area contributed by atoms with E-state index in [2.05, 4.69) is 21.5 Å². The van der Waals surface area contributed by atoms with Crippen molar-refractivity contribution >= 4 is 22.4 Å². The Balaban J connectivity index is 1.40. The molecule has 1 aromatic carbocycles. The number of anilines is 1. The van der Waals surface area contributed by atoms with Gasteiger partial charge in [-0.05, 0) is 59.5 Å². The van der Waals surface area contributed by atoms with E-state index in [0.29, 0.717) is 25.3 Å². The molecule has 0 saturated carbocycles. The van der Waals surface area contributed by atoms with Gasteiger partial charge >= 0.3 is 0 Å².